The molecule has 0 bridgehead atoms. The first-order valence-electron chi connectivity index (χ1n) is 8.82. The van der Waals surface area contributed by atoms with Crippen LogP contribution in [0.2, 0.25) is 0 Å². The van der Waals surface area contributed by atoms with Gasteiger partial charge in [-0.1, -0.05) is 58.2 Å². The van der Waals surface area contributed by atoms with Gasteiger partial charge in [-0.2, -0.15) is 0 Å². The third kappa shape index (κ3) is 12.7. The second-order valence-corrected chi connectivity index (χ2v) is 6.71. The Morgan fingerprint density at radius 1 is 1.05 bits per heavy atom. The van der Waals surface area contributed by atoms with E-state index in [-0.39, 0.29) is 6.10 Å². The van der Waals surface area contributed by atoms with E-state index in [4.69, 9.17) is 21.7 Å². The van der Waals surface area contributed by atoms with Gasteiger partial charge in [-0.05, 0) is 19.8 Å². The monoisotopic (exact) mass is 349 g/mol. The lowest BCUT2D eigenvalue weighted by Crippen LogP contribution is -2.36. The van der Waals surface area contributed by atoms with E-state index in [2.05, 4.69) is 31.4 Å². The lowest BCUT2D eigenvalue weighted by Gasteiger charge is -2.27. The SMILES string of the molecule is CCCCCCCCN(CC(CC)OCCOCC)C(=S)S. The lowest BCUT2D eigenvalue weighted by atomic mass is 10.1. The summed E-state index contributed by atoms with van der Waals surface area (Å²) in [5, 5.41) is 0. The normalized spacial score (nSPS) is 12.4. The molecule has 5 heteroatoms. The first kappa shape index (κ1) is 22.2. The molecule has 0 heterocycles. The van der Waals surface area contributed by atoms with Crippen molar-refractivity contribution in [1.29, 1.82) is 0 Å². The maximum absolute atomic E-state index is 5.87. The Kier molecular flexibility index (Phi) is 16.1. The summed E-state index contributed by atoms with van der Waals surface area (Å²) in [7, 11) is 0. The molecule has 0 aliphatic rings. The van der Waals surface area contributed by atoms with Crippen molar-refractivity contribution >= 4 is 29.2 Å². The Labute approximate surface area is 148 Å². The van der Waals surface area contributed by atoms with Crippen LogP contribution in [0.1, 0.15) is 65.7 Å². The summed E-state index contributed by atoms with van der Waals surface area (Å²) >= 11 is 9.63. The van der Waals surface area contributed by atoms with E-state index in [0.29, 0.717) is 17.5 Å². The van der Waals surface area contributed by atoms with Crippen LogP contribution in [0.15, 0.2) is 0 Å². The molecule has 0 spiro atoms. The van der Waals surface area contributed by atoms with E-state index in [0.717, 1.165) is 26.1 Å². The van der Waals surface area contributed by atoms with Crippen LogP contribution in [0.5, 0.6) is 0 Å². The summed E-state index contributed by atoms with van der Waals surface area (Å²) in [6.45, 7) is 10.3. The van der Waals surface area contributed by atoms with E-state index in [9.17, 15) is 0 Å². The molecular formula is C17H35NO2S2. The Morgan fingerprint density at radius 3 is 2.32 bits per heavy atom. The number of nitrogens with zero attached hydrogens (tertiary/aromatic N) is 1. The molecule has 0 aliphatic carbocycles. The van der Waals surface area contributed by atoms with Crippen molar-refractivity contribution in [2.45, 2.75) is 71.8 Å². The van der Waals surface area contributed by atoms with Gasteiger partial charge in [-0.15, -0.1) is 12.6 Å². The van der Waals surface area contributed by atoms with Gasteiger partial charge in [-0.3, -0.25) is 0 Å². The second kappa shape index (κ2) is 16.0. The third-order valence-corrected chi connectivity index (χ3v) is 4.26. The average Bonchev–Trinajstić information content (AvgIpc) is 2.51. The summed E-state index contributed by atoms with van der Waals surface area (Å²) in [6, 6.07) is 0. The Balaban J connectivity index is 3.95. The van der Waals surface area contributed by atoms with Crippen molar-refractivity contribution in [3.63, 3.8) is 0 Å². The van der Waals surface area contributed by atoms with E-state index in [1.165, 1.54) is 38.5 Å². The summed E-state index contributed by atoms with van der Waals surface area (Å²) in [5.41, 5.74) is 0. The van der Waals surface area contributed by atoms with Gasteiger partial charge < -0.3 is 14.4 Å². The van der Waals surface area contributed by atoms with Crippen molar-refractivity contribution in [1.82, 2.24) is 4.90 Å². The summed E-state index contributed by atoms with van der Waals surface area (Å²) in [4.78, 5) is 2.17. The molecule has 0 aromatic carbocycles. The number of hydrogen-bond donors (Lipinski definition) is 1. The molecule has 1 unspecified atom stereocenters. The molecule has 0 N–H and O–H groups in total. The van der Waals surface area contributed by atoms with Gasteiger partial charge >= 0.3 is 0 Å². The number of rotatable bonds is 15. The number of thiol groups is 1. The van der Waals surface area contributed by atoms with Crippen molar-refractivity contribution in [3.8, 4) is 0 Å². The lowest BCUT2D eigenvalue weighted by molar-refractivity contribution is -0.00173. The van der Waals surface area contributed by atoms with Crippen LogP contribution in [-0.4, -0.2) is 48.2 Å². The Morgan fingerprint density at radius 2 is 1.73 bits per heavy atom. The molecule has 22 heavy (non-hydrogen) atoms. The van der Waals surface area contributed by atoms with Crippen molar-refractivity contribution in [2.24, 2.45) is 0 Å². The highest BCUT2D eigenvalue weighted by Gasteiger charge is 2.14. The number of ether oxygens (including phenoxy) is 2. The molecule has 0 aromatic rings. The second-order valence-electron chi connectivity index (χ2n) is 5.59. The highest BCUT2D eigenvalue weighted by atomic mass is 32.1. The predicted molar refractivity (Wildman–Crippen MR) is 103 cm³/mol. The van der Waals surface area contributed by atoms with Crippen LogP contribution in [-0.2, 0) is 9.47 Å². The first-order valence-corrected chi connectivity index (χ1v) is 9.68. The Bertz CT molecular complexity index is 265. The van der Waals surface area contributed by atoms with Gasteiger partial charge in [-0.25, -0.2) is 0 Å². The predicted octanol–water partition coefficient (Wildman–Crippen LogP) is 4.70. The van der Waals surface area contributed by atoms with Crippen LogP contribution >= 0.6 is 24.8 Å². The fourth-order valence-electron chi connectivity index (χ4n) is 2.31. The van der Waals surface area contributed by atoms with Crippen molar-refractivity contribution in [2.75, 3.05) is 32.9 Å². The zero-order chi connectivity index (χ0) is 16.6. The molecular weight excluding hydrogens is 314 g/mol. The van der Waals surface area contributed by atoms with Crippen LogP contribution < -0.4 is 0 Å². The maximum atomic E-state index is 5.87. The molecule has 0 saturated carbocycles. The fraction of sp³-hybridized carbons (Fsp3) is 0.941. The van der Waals surface area contributed by atoms with Crippen LogP contribution in [0.4, 0.5) is 0 Å². The summed E-state index contributed by atoms with van der Waals surface area (Å²) in [5.74, 6) is 0. The topological polar surface area (TPSA) is 21.7 Å². The molecule has 132 valence electrons. The first-order chi connectivity index (χ1) is 10.7. The molecule has 0 rings (SSSR count). The highest BCUT2D eigenvalue weighted by molar-refractivity contribution is 8.10. The third-order valence-electron chi connectivity index (χ3n) is 3.72. The minimum Gasteiger partial charge on any atom is -0.379 e. The molecule has 0 aliphatic heterocycles. The standard InChI is InChI=1S/C17H35NO2S2/c1-4-7-8-9-10-11-12-18(17(21)22)15-16(5-2)20-14-13-19-6-3/h16H,4-15H2,1-3H3,(H,21,22). The molecule has 1 atom stereocenters. The van der Waals surface area contributed by atoms with Gasteiger partial charge in [0.15, 0.2) is 0 Å². The van der Waals surface area contributed by atoms with Gasteiger partial charge in [0.25, 0.3) is 0 Å². The van der Waals surface area contributed by atoms with Crippen LogP contribution in [0.3, 0.4) is 0 Å². The number of unbranched alkanes of at least 4 members (excludes halogenated alkanes) is 5. The largest absolute Gasteiger partial charge is 0.379 e. The van der Waals surface area contributed by atoms with Crippen molar-refractivity contribution < 1.29 is 9.47 Å². The van der Waals surface area contributed by atoms with Crippen molar-refractivity contribution in [3.05, 3.63) is 0 Å². The zero-order valence-electron chi connectivity index (χ0n) is 14.7. The van der Waals surface area contributed by atoms with Gasteiger partial charge in [0, 0.05) is 19.7 Å². The van der Waals surface area contributed by atoms with Crippen LogP contribution in [0, 0.1) is 0 Å². The van der Waals surface area contributed by atoms with Gasteiger partial charge in [0.1, 0.15) is 4.32 Å². The minimum absolute atomic E-state index is 0.200. The molecule has 0 amide bonds. The molecule has 0 radical (unpaired) electrons. The van der Waals surface area contributed by atoms with E-state index < -0.39 is 0 Å². The summed E-state index contributed by atoms with van der Waals surface area (Å²) in [6.07, 6.45) is 8.95. The molecule has 3 nitrogen and oxygen atoms in total. The minimum atomic E-state index is 0.200. The molecule has 0 saturated heterocycles. The fourth-order valence-corrected chi connectivity index (χ4v) is 2.66. The number of hydrogen-bond acceptors (Lipinski definition) is 3. The Hall–Kier alpha value is 0.160. The van der Waals surface area contributed by atoms with Gasteiger partial charge in [0.05, 0.1) is 19.3 Å². The van der Waals surface area contributed by atoms with E-state index >= 15 is 0 Å². The van der Waals surface area contributed by atoms with E-state index in [1.807, 2.05) is 6.92 Å². The van der Waals surface area contributed by atoms with E-state index in [1.54, 1.807) is 0 Å². The number of thiocarbonyl (C=S) groups is 1. The smallest absolute Gasteiger partial charge is 0.133 e. The summed E-state index contributed by atoms with van der Waals surface area (Å²) < 4.78 is 11.9. The quantitative estimate of drug-likeness (QED) is 0.263. The highest BCUT2D eigenvalue weighted by Crippen LogP contribution is 2.10. The van der Waals surface area contributed by atoms with Gasteiger partial charge in [0.2, 0.25) is 0 Å². The molecule has 0 aromatic heterocycles. The maximum Gasteiger partial charge on any atom is 0.133 e. The van der Waals surface area contributed by atoms with Crippen LogP contribution in [0.25, 0.3) is 0 Å². The average molecular weight is 350 g/mol. The zero-order valence-corrected chi connectivity index (χ0v) is 16.4. The molecule has 0 fully saturated rings.